The van der Waals surface area contributed by atoms with Crippen molar-refractivity contribution in [3.63, 3.8) is 0 Å². The highest BCUT2D eigenvalue weighted by molar-refractivity contribution is 6.30. The molecule has 0 heterocycles. The summed E-state index contributed by atoms with van der Waals surface area (Å²) in [6, 6.07) is 5.84. The first-order chi connectivity index (χ1) is 8.95. The predicted octanol–water partition coefficient (Wildman–Crippen LogP) is 1.66. The van der Waals surface area contributed by atoms with E-state index in [1.807, 2.05) is 0 Å². The summed E-state index contributed by atoms with van der Waals surface area (Å²) >= 11 is 5.85. The molecule has 5 nitrogen and oxygen atoms in total. The predicted molar refractivity (Wildman–Crippen MR) is 71.3 cm³/mol. The smallest absolute Gasteiger partial charge is 0.328 e. The molecular weight excluding hydrogens is 270 g/mol. The minimum Gasteiger partial charge on any atom is -0.480 e. The van der Waals surface area contributed by atoms with Gasteiger partial charge in [0, 0.05) is 12.1 Å². The highest BCUT2D eigenvalue weighted by Crippen LogP contribution is 2.19. The van der Waals surface area contributed by atoms with E-state index in [0.717, 1.165) is 5.56 Å². The number of benzene rings is 1. The first-order valence-corrected chi connectivity index (χ1v) is 6.11. The van der Waals surface area contributed by atoms with E-state index < -0.39 is 17.9 Å². The largest absolute Gasteiger partial charge is 0.480 e. The first-order valence-electron chi connectivity index (χ1n) is 5.73. The standard InChI is InChI=1S/C13H16ClNO4/c1-8(9-4-3-5-10(14)6-9)12(16)15-11(7-19-2)13(17)18/h3-6,8,11H,7H2,1-2H3,(H,15,16)(H,17,18). The van der Waals surface area contributed by atoms with Crippen molar-refractivity contribution in [3.8, 4) is 0 Å². The molecule has 19 heavy (non-hydrogen) atoms. The number of carbonyl (C=O) groups is 2. The average molecular weight is 286 g/mol. The molecule has 0 aliphatic carbocycles. The van der Waals surface area contributed by atoms with E-state index in [4.69, 9.17) is 21.4 Å². The zero-order valence-corrected chi connectivity index (χ0v) is 11.5. The lowest BCUT2D eigenvalue weighted by atomic mass is 10.00. The third-order valence-electron chi connectivity index (χ3n) is 2.69. The van der Waals surface area contributed by atoms with Crippen LogP contribution in [0, 0.1) is 0 Å². The molecule has 0 aromatic heterocycles. The van der Waals surface area contributed by atoms with Crippen molar-refractivity contribution < 1.29 is 19.4 Å². The van der Waals surface area contributed by atoms with Gasteiger partial charge in [-0.05, 0) is 24.6 Å². The van der Waals surface area contributed by atoms with Crippen LogP contribution in [-0.4, -0.2) is 36.7 Å². The zero-order chi connectivity index (χ0) is 14.4. The number of methoxy groups -OCH3 is 1. The van der Waals surface area contributed by atoms with Crippen molar-refractivity contribution >= 4 is 23.5 Å². The van der Waals surface area contributed by atoms with Crippen LogP contribution < -0.4 is 5.32 Å². The number of carbonyl (C=O) groups excluding carboxylic acids is 1. The molecule has 2 N–H and O–H groups in total. The zero-order valence-electron chi connectivity index (χ0n) is 10.7. The highest BCUT2D eigenvalue weighted by Gasteiger charge is 2.23. The second-order valence-electron chi connectivity index (χ2n) is 4.13. The molecule has 0 saturated carbocycles. The number of aliphatic carboxylic acids is 1. The van der Waals surface area contributed by atoms with Crippen molar-refractivity contribution in [2.75, 3.05) is 13.7 Å². The minimum absolute atomic E-state index is 0.0800. The van der Waals surface area contributed by atoms with Gasteiger partial charge in [-0.3, -0.25) is 4.79 Å². The van der Waals surface area contributed by atoms with E-state index >= 15 is 0 Å². The van der Waals surface area contributed by atoms with Crippen LogP contribution in [-0.2, 0) is 14.3 Å². The number of halogens is 1. The fourth-order valence-electron chi connectivity index (χ4n) is 1.57. The van der Waals surface area contributed by atoms with Crippen LogP contribution in [0.2, 0.25) is 5.02 Å². The fraction of sp³-hybridized carbons (Fsp3) is 0.385. The summed E-state index contributed by atoms with van der Waals surface area (Å²) in [7, 11) is 1.38. The minimum atomic E-state index is -1.13. The van der Waals surface area contributed by atoms with Crippen molar-refractivity contribution in [1.82, 2.24) is 5.32 Å². The molecule has 6 heteroatoms. The van der Waals surface area contributed by atoms with Gasteiger partial charge in [0.15, 0.2) is 6.04 Å². The maximum atomic E-state index is 12.0. The fourth-order valence-corrected chi connectivity index (χ4v) is 1.76. The lowest BCUT2D eigenvalue weighted by Crippen LogP contribution is -2.45. The molecule has 0 spiro atoms. The van der Waals surface area contributed by atoms with Gasteiger partial charge in [0.1, 0.15) is 0 Å². The van der Waals surface area contributed by atoms with Gasteiger partial charge >= 0.3 is 5.97 Å². The number of rotatable bonds is 6. The van der Waals surface area contributed by atoms with E-state index in [1.165, 1.54) is 7.11 Å². The number of hydrogen-bond donors (Lipinski definition) is 2. The van der Waals surface area contributed by atoms with Gasteiger partial charge in [-0.15, -0.1) is 0 Å². The lowest BCUT2D eigenvalue weighted by molar-refractivity contribution is -0.143. The van der Waals surface area contributed by atoms with Crippen molar-refractivity contribution in [3.05, 3.63) is 34.9 Å². The summed E-state index contributed by atoms with van der Waals surface area (Å²) in [5.41, 5.74) is 0.728. The van der Waals surface area contributed by atoms with Gasteiger partial charge in [-0.2, -0.15) is 0 Å². The van der Waals surface area contributed by atoms with Crippen LogP contribution in [0.4, 0.5) is 0 Å². The third-order valence-corrected chi connectivity index (χ3v) is 2.92. The summed E-state index contributed by atoms with van der Waals surface area (Å²) in [5, 5.41) is 11.9. The molecule has 1 rings (SSSR count). The molecule has 2 atom stereocenters. The Labute approximate surface area is 116 Å². The number of carboxylic acids is 1. The van der Waals surface area contributed by atoms with Gasteiger partial charge in [-0.25, -0.2) is 4.79 Å². The molecule has 104 valence electrons. The SMILES string of the molecule is COCC(NC(=O)C(C)c1cccc(Cl)c1)C(=O)O. The molecule has 0 saturated heterocycles. The van der Waals surface area contributed by atoms with Crippen LogP contribution in [0.1, 0.15) is 18.4 Å². The van der Waals surface area contributed by atoms with Gasteiger partial charge in [0.2, 0.25) is 5.91 Å². The normalized spacial score (nSPS) is 13.6. The molecule has 0 fully saturated rings. The second kappa shape index (κ2) is 7.11. The van der Waals surface area contributed by atoms with Crippen molar-refractivity contribution in [1.29, 1.82) is 0 Å². The second-order valence-corrected chi connectivity index (χ2v) is 4.57. The van der Waals surface area contributed by atoms with Gasteiger partial charge < -0.3 is 15.2 Å². The van der Waals surface area contributed by atoms with Crippen LogP contribution >= 0.6 is 11.6 Å². The molecule has 0 radical (unpaired) electrons. The number of amides is 1. The first kappa shape index (κ1) is 15.5. The Kier molecular flexibility index (Phi) is 5.79. The van der Waals surface area contributed by atoms with E-state index in [0.29, 0.717) is 5.02 Å². The van der Waals surface area contributed by atoms with Crippen LogP contribution in [0.3, 0.4) is 0 Å². The molecule has 0 aliphatic rings. The molecule has 0 aliphatic heterocycles. The quantitative estimate of drug-likeness (QED) is 0.833. The van der Waals surface area contributed by atoms with Gasteiger partial charge in [0.25, 0.3) is 0 Å². The Morgan fingerprint density at radius 2 is 2.16 bits per heavy atom. The van der Waals surface area contributed by atoms with E-state index in [2.05, 4.69) is 5.32 Å². The van der Waals surface area contributed by atoms with E-state index in [1.54, 1.807) is 31.2 Å². The Morgan fingerprint density at radius 3 is 2.68 bits per heavy atom. The molecular formula is C13H16ClNO4. The summed E-state index contributed by atoms with van der Waals surface area (Å²) in [6.45, 7) is 1.61. The Bertz CT molecular complexity index is 464. The van der Waals surface area contributed by atoms with Crippen LogP contribution in [0.5, 0.6) is 0 Å². The van der Waals surface area contributed by atoms with Crippen molar-refractivity contribution in [2.45, 2.75) is 18.9 Å². The van der Waals surface area contributed by atoms with E-state index in [-0.39, 0.29) is 12.5 Å². The summed E-state index contributed by atoms with van der Waals surface area (Å²) < 4.78 is 4.75. The summed E-state index contributed by atoms with van der Waals surface area (Å²) in [6.07, 6.45) is 0. The molecule has 1 aromatic rings. The molecule has 2 unspecified atom stereocenters. The third kappa shape index (κ3) is 4.54. The van der Waals surface area contributed by atoms with Crippen LogP contribution in [0.15, 0.2) is 24.3 Å². The maximum Gasteiger partial charge on any atom is 0.328 e. The Hall–Kier alpha value is -1.59. The van der Waals surface area contributed by atoms with Gasteiger partial charge in [-0.1, -0.05) is 23.7 Å². The average Bonchev–Trinajstić information content (AvgIpc) is 2.37. The lowest BCUT2D eigenvalue weighted by Gasteiger charge is -2.17. The van der Waals surface area contributed by atoms with E-state index in [9.17, 15) is 9.59 Å². The van der Waals surface area contributed by atoms with Crippen molar-refractivity contribution in [2.24, 2.45) is 0 Å². The summed E-state index contributed by atoms with van der Waals surface area (Å²) in [5.74, 6) is -2.00. The Balaban J connectivity index is 2.74. The van der Waals surface area contributed by atoms with Crippen LogP contribution in [0.25, 0.3) is 0 Å². The number of nitrogens with one attached hydrogen (secondary N) is 1. The van der Waals surface area contributed by atoms with Gasteiger partial charge in [0.05, 0.1) is 12.5 Å². The maximum absolute atomic E-state index is 12.0. The molecule has 0 bridgehead atoms. The molecule has 1 amide bonds. The number of ether oxygens (including phenoxy) is 1. The highest BCUT2D eigenvalue weighted by atomic mass is 35.5. The number of hydrogen-bond acceptors (Lipinski definition) is 3. The number of carboxylic acid groups (broad SMARTS) is 1. The molecule has 1 aromatic carbocycles. The topological polar surface area (TPSA) is 75.6 Å². The monoisotopic (exact) mass is 285 g/mol. The Morgan fingerprint density at radius 1 is 1.47 bits per heavy atom. The summed E-state index contributed by atoms with van der Waals surface area (Å²) in [4.78, 5) is 22.9.